The number of aromatic nitrogens is 2. The Bertz CT molecular complexity index is 974. The summed E-state index contributed by atoms with van der Waals surface area (Å²) in [4.78, 5) is 30.5. The Morgan fingerprint density at radius 2 is 1.83 bits per heavy atom. The molecule has 29 heavy (non-hydrogen) atoms. The molecule has 3 aromatic rings. The molecule has 0 aliphatic carbocycles. The van der Waals surface area contributed by atoms with E-state index in [0.29, 0.717) is 36.8 Å². The van der Waals surface area contributed by atoms with Gasteiger partial charge < -0.3 is 20.1 Å². The lowest BCUT2D eigenvalue weighted by molar-refractivity contribution is -0.129. The van der Waals surface area contributed by atoms with Crippen LogP contribution in [0.2, 0.25) is 0 Å². The molecule has 1 atom stereocenters. The Labute approximate surface area is 167 Å². The highest BCUT2D eigenvalue weighted by Gasteiger charge is 2.35. The van der Waals surface area contributed by atoms with E-state index < -0.39 is 0 Å². The van der Waals surface area contributed by atoms with Gasteiger partial charge in [-0.25, -0.2) is 4.79 Å². The number of urea groups is 1. The number of amides is 3. The Hall–Kier alpha value is -3.68. The summed E-state index contributed by atoms with van der Waals surface area (Å²) in [5.74, 6) is 0.827. The highest BCUT2D eigenvalue weighted by Crippen LogP contribution is 2.33. The van der Waals surface area contributed by atoms with E-state index in [1.54, 1.807) is 17.0 Å². The quantitative estimate of drug-likeness (QED) is 0.672. The number of nitrogens with zero attached hydrogens (tertiary/aromatic N) is 3. The minimum Gasteiger partial charge on any atom is -0.337 e. The number of para-hydroxylation sites is 1. The van der Waals surface area contributed by atoms with Gasteiger partial charge in [-0.15, -0.1) is 0 Å². The molecule has 8 nitrogen and oxygen atoms in total. The first kappa shape index (κ1) is 18.7. The van der Waals surface area contributed by atoms with E-state index in [0.717, 1.165) is 5.56 Å². The topological polar surface area (TPSA) is 100 Å². The van der Waals surface area contributed by atoms with Crippen molar-refractivity contribution in [3.05, 3.63) is 77.9 Å². The van der Waals surface area contributed by atoms with E-state index >= 15 is 0 Å². The second-order valence-corrected chi connectivity index (χ2v) is 6.78. The number of carbonyl (C=O) groups excluding carboxylic acids is 2. The third kappa shape index (κ3) is 4.60. The van der Waals surface area contributed by atoms with Gasteiger partial charge >= 0.3 is 6.03 Å². The minimum atomic E-state index is -0.357. The van der Waals surface area contributed by atoms with Gasteiger partial charge in [0.1, 0.15) is 6.04 Å². The van der Waals surface area contributed by atoms with Crippen LogP contribution >= 0.6 is 0 Å². The number of nitrogens with one attached hydrogen (secondary N) is 2. The number of hydrogen-bond donors (Lipinski definition) is 2. The van der Waals surface area contributed by atoms with Crippen LogP contribution in [0, 0.1) is 0 Å². The van der Waals surface area contributed by atoms with E-state index in [9.17, 15) is 9.59 Å². The highest BCUT2D eigenvalue weighted by atomic mass is 16.5. The summed E-state index contributed by atoms with van der Waals surface area (Å²) >= 11 is 0. The Morgan fingerprint density at radius 1 is 1.10 bits per heavy atom. The third-order valence-electron chi connectivity index (χ3n) is 4.73. The summed E-state index contributed by atoms with van der Waals surface area (Å²) in [5, 5.41) is 9.36. The summed E-state index contributed by atoms with van der Waals surface area (Å²) in [7, 11) is 0. The maximum absolute atomic E-state index is 12.3. The van der Waals surface area contributed by atoms with Crippen molar-refractivity contribution in [1.82, 2.24) is 20.4 Å². The molecule has 3 amide bonds. The number of rotatable bonds is 6. The predicted octanol–water partition coefficient (Wildman–Crippen LogP) is 3.26. The van der Waals surface area contributed by atoms with Crippen LogP contribution < -0.4 is 10.6 Å². The van der Waals surface area contributed by atoms with Crippen LogP contribution in [0.4, 0.5) is 10.5 Å². The van der Waals surface area contributed by atoms with Crippen molar-refractivity contribution < 1.29 is 14.1 Å². The van der Waals surface area contributed by atoms with Gasteiger partial charge in [-0.2, -0.15) is 4.98 Å². The lowest BCUT2D eigenvalue weighted by Crippen LogP contribution is -2.29. The second-order valence-electron chi connectivity index (χ2n) is 6.78. The fourth-order valence-corrected chi connectivity index (χ4v) is 3.30. The zero-order valence-electron chi connectivity index (χ0n) is 15.7. The fourth-order valence-electron chi connectivity index (χ4n) is 3.30. The molecule has 0 unspecified atom stereocenters. The van der Waals surface area contributed by atoms with Gasteiger partial charge in [0.05, 0.1) is 6.54 Å². The van der Waals surface area contributed by atoms with E-state index in [1.165, 1.54) is 0 Å². The molecule has 148 valence electrons. The summed E-state index contributed by atoms with van der Waals surface area (Å²) < 4.78 is 5.39. The van der Waals surface area contributed by atoms with Crippen molar-refractivity contribution in [2.75, 3.05) is 5.32 Å². The van der Waals surface area contributed by atoms with Crippen LogP contribution in [0.3, 0.4) is 0 Å². The first-order valence-electron chi connectivity index (χ1n) is 9.45. The van der Waals surface area contributed by atoms with Crippen molar-refractivity contribution in [2.45, 2.75) is 32.0 Å². The summed E-state index contributed by atoms with van der Waals surface area (Å²) in [5.41, 5.74) is 1.74. The number of benzene rings is 2. The average molecular weight is 391 g/mol. The SMILES string of the molecule is O=C(NCc1noc([C@@H]2CCC(=O)N2Cc2ccccc2)n1)Nc1ccccc1. The standard InChI is InChI=1S/C21H21N5O3/c27-19-12-11-17(26(19)14-15-7-3-1-4-8-15)20-24-18(25-29-20)13-22-21(28)23-16-9-5-2-6-10-16/h1-10,17H,11-14H2,(H2,22,23,28)/t17-/m0/s1. The normalized spacial score (nSPS) is 16.1. The molecule has 1 aliphatic heterocycles. The Balaban J connectivity index is 1.36. The van der Waals surface area contributed by atoms with Gasteiger partial charge in [0, 0.05) is 18.7 Å². The van der Waals surface area contributed by atoms with E-state index in [4.69, 9.17) is 4.52 Å². The van der Waals surface area contributed by atoms with Crippen LogP contribution in [0.1, 0.15) is 36.2 Å². The molecule has 0 radical (unpaired) electrons. The average Bonchev–Trinajstić information content (AvgIpc) is 3.35. The van der Waals surface area contributed by atoms with Gasteiger partial charge in [-0.05, 0) is 24.1 Å². The molecule has 0 saturated carbocycles. The number of hydrogen-bond acceptors (Lipinski definition) is 5. The Morgan fingerprint density at radius 3 is 2.59 bits per heavy atom. The van der Waals surface area contributed by atoms with Crippen LogP contribution in [0.5, 0.6) is 0 Å². The highest BCUT2D eigenvalue weighted by molar-refractivity contribution is 5.89. The van der Waals surface area contributed by atoms with Gasteiger partial charge in [-0.3, -0.25) is 4.79 Å². The van der Waals surface area contributed by atoms with Crippen LogP contribution in [-0.2, 0) is 17.9 Å². The van der Waals surface area contributed by atoms with E-state index in [1.807, 2.05) is 48.5 Å². The molecule has 1 aliphatic rings. The predicted molar refractivity (Wildman–Crippen MR) is 106 cm³/mol. The molecule has 0 spiro atoms. The number of likely N-dealkylation sites (tertiary alicyclic amines) is 1. The molecule has 2 heterocycles. The molecule has 1 aromatic heterocycles. The second kappa shape index (κ2) is 8.55. The molecular formula is C21H21N5O3. The van der Waals surface area contributed by atoms with Crippen molar-refractivity contribution in [3.8, 4) is 0 Å². The molecule has 1 fully saturated rings. The molecule has 4 rings (SSSR count). The van der Waals surface area contributed by atoms with Crippen molar-refractivity contribution in [1.29, 1.82) is 0 Å². The maximum Gasteiger partial charge on any atom is 0.319 e. The minimum absolute atomic E-state index is 0.0685. The van der Waals surface area contributed by atoms with Crippen LogP contribution in [0.25, 0.3) is 0 Å². The van der Waals surface area contributed by atoms with E-state index in [2.05, 4.69) is 20.8 Å². The molecule has 0 bridgehead atoms. The summed E-state index contributed by atoms with van der Waals surface area (Å²) in [6.45, 7) is 0.626. The van der Waals surface area contributed by atoms with Gasteiger partial charge in [0.2, 0.25) is 11.8 Å². The fraction of sp³-hybridized carbons (Fsp3) is 0.238. The van der Waals surface area contributed by atoms with Crippen LogP contribution in [-0.4, -0.2) is 27.0 Å². The summed E-state index contributed by atoms with van der Waals surface area (Å²) in [6, 6.07) is 18.3. The monoisotopic (exact) mass is 391 g/mol. The van der Waals surface area contributed by atoms with Gasteiger partial charge in [-0.1, -0.05) is 53.7 Å². The van der Waals surface area contributed by atoms with Crippen molar-refractivity contribution in [3.63, 3.8) is 0 Å². The van der Waals surface area contributed by atoms with E-state index in [-0.39, 0.29) is 24.5 Å². The molecular weight excluding hydrogens is 370 g/mol. The lowest BCUT2D eigenvalue weighted by atomic mass is 10.2. The smallest absolute Gasteiger partial charge is 0.319 e. The largest absolute Gasteiger partial charge is 0.337 e. The first-order chi connectivity index (χ1) is 14.2. The Kier molecular flexibility index (Phi) is 5.51. The zero-order chi connectivity index (χ0) is 20.1. The molecule has 2 aromatic carbocycles. The van der Waals surface area contributed by atoms with Crippen molar-refractivity contribution >= 4 is 17.6 Å². The first-order valence-corrected chi connectivity index (χ1v) is 9.45. The zero-order valence-corrected chi connectivity index (χ0v) is 15.7. The summed E-state index contributed by atoms with van der Waals surface area (Å²) in [6.07, 6.45) is 1.09. The number of anilines is 1. The lowest BCUT2D eigenvalue weighted by Gasteiger charge is -2.22. The van der Waals surface area contributed by atoms with Crippen molar-refractivity contribution in [2.24, 2.45) is 0 Å². The molecule has 1 saturated heterocycles. The van der Waals surface area contributed by atoms with Gasteiger partial charge in [0.15, 0.2) is 5.82 Å². The van der Waals surface area contributed by atoms with Gasteiger partial charge in [0.25, 0.3) is 0 Å². The maximum atomic E-state index is 12.3. The number of carbonyl (C=O) groups is 2. The molecule has 2 N–H and O–H groups in total. The molecule has 8 heteroatoms. The third-order valence-corrected chi connectivity index (χ3v) is 4.73. The van der Waals surface area contributed by atoms with Crippen LogP contribution in [0.15, 0.2) is 65.2 Å².